The van der Waals surface area contributed by atoms with Crippen molar-refractivity contribution in [2.24, 2.45) is 5.92 Å². The molecule has 0 spiro atoms. The molecule has 2 aliphatic rings. The lowest BCUT2D eigenvalue weighted by atomic mass is 9.97. The van der Waals surface area contributed by atoms with E-state index in [-0.39, 0.29) is 11.8 Å². The fourth-order valence-corrected chi connectivity index (χ4v) is 3.73. The number of nitrogens with zero attached hydrogens (tertiary/aromatic N) is 3. The van der Waals surface area contributed by atoms with Gasteiger partial charge in [-0.05, 0) is 12.3 Å². The largest absolute Gasteiger partial charge is 0.341 e. The molecule has 0 radical (unpaired) electrons. The predicted molar refractivity (Wildman–Crippen MR) is 90.2 cm³/mol. The van der Waals surface area contributed by atoms with E-state index in [1.165, 1.54) is 25.7 Å². The lowest BCUT2D eigenvalue weighted by Crippen LogP contribution is -2.48. The summed E-state index contributed by atoms with van der Waals surface area (Å²) in [6.45, 7) is 1.42. The molecule has 126 valence electrons. The van der Waals surface area contributed by atoms with Crippen LogP contribution in [-0.4, -0.2) is 34.0 Å². The second-order valence-corrected chi connectivity index (χ2v) is 7.01. The van der Waals surface area contributed by atoms with E-state index in [0.29, 0.717) is 31.2 Å². The number of benzene rings is 1. The van der Waals surface area contributed by atoms with Gasteiger partial charge in [0, 0.05) is 25.1 Å². The molecule has 24 heavy (non-hydrogen) atoms. The highest BCUT2D eigenvalue weighted by molar-refractivity contribution is 5.77. The number of likely N-dealkylation sites (tertiary alicyclic amines) is 1. The van der Waals surface area contributed by atoms with Crippen LogP contribution < -0.4 is 0 Å². The minimum atomic E-state index is 0.186. The van der Waals surface area contributed by atoms with E-state index in [1.807, 2.05) is 35.2 Å². The highest BCUT2D eigenvalue weighted by atomic mass is 16.5. The summed E-state index contributed by atoms with van der Waals surface area (Å²) >= 11 is 0. The molecule has 1 aliphatic carbocycles. The molecule has 2 aromatic rings. The van der Waals surface area contributed by atoms with Crippen LogP contribution in [0.25, 0.3) is 11.4 Å². The van der Waals surface area contributed by atoms with Crippen LogP contribution in [0.3, 0.4) is 0 Å². The fraction of sp³-hybridized carbons (Fsp3) is 0.526. The molecule has 5 heteroatoms. The summed E-state index contributed by atoms with van der Waals surface area (Å²) in [4.78, 5) is 18.7. The van der Waals surface area contributed by atoms with Crippen LogP contribution in [0.4, 0.5) is 0 Å². The summed E-state index contributed by atoms with van der Waals surface area (Å²) < 4.78 is 5.39. The molecule has 1 aromatic heterocycles. The molecule has 1 saturated heterocycles. The van der Waals surface area contributed by atoms with Gasteiger partial charge in [0.1, 0.15) is 0 Å². The Morgan fingerprint density at radius 2 is 1.92 bits per heavy atom. The number of rotatable bonds is 5. The molecule has 0 unspecified atom stereocenters. The van der Waals surface area contributed by atoms with Gasteiger partial charge in [-0.1, -0.05) is 61.2 Å². The number of hydrogen-bond donors (Lipinski definition) is 0. The Kier molecular flexibility index (Phi) is 4.32. The third-order valence-corrected chi connectivity index (χ3v) is 5.30. The summed E-state index contributed by atoms with van der Waals surface area (Å²) in [6.07, 6.45) is 7.03. The SMILES string of the molecule is O=C(CCC1CCCC1)N1CC(c2nc(-c3ccccc3)no2)C1. The van der Waals surface area contributed by atoms with Crippen LogP contribution in [0.15, 0.2) is 34.9 Å². The van der Waals surface area contributed by atoms with E-state index in [9.17, 15) is 4.79 Å². The van der Waals surface area contributed by atoms with Crippen LogP contribution in [0.1, 0.15) is 50.3 Å². The highest BCUT2D eigenvalue weighted by Gasteiger charge is 2.35. The molecule has 1 aliphatic heterocycles. The van der Waals surface area contributed by atoms with Crippen molar-refractivity contribution >= 4 is 5.91 Å². The van der Waals surface area contributed by atoms with E-state index in [0.717, 1.165) is 17.9 Å². The smallest absolute Gasteiger partial charge is 0.233 e. The quantitative estimate of drug-likeness (QED) is 0.842. The molecule has 0 atom stereocenters. The van der Waals surface area contributed by atoms with E-state index < -0.39 is 0 Å². The first kappa shape index (κ1) is 15.4. The third kappa shape index (κ3) is 3.21. The molecule has 1 aromatic carbocycles. The first-order valence-electron chi connectivity index (χ1n) is 8.96. The summed E-state index contributed by atoms with van der Waals surface area (Å²) in [6, 6.07) is 9.81. The van der Waals surface area contributed by atoms with Gasteiger partial charge in [-0.3, -0.25) is 4.79 Å². The predicted octanol–water partition coefficient (Wildman–Crippen LogP) is 3.63. The Morgan fingerprint density at radius 1 is 1.17 bits per heavy atom. The second kappa shape index (κ2) is 6.75. The zero-order valence-corrected chi connectivity index (χ0v) is 13.9. The Balaban J connectivity index is 1.28. The standard InChI is InChI=1S/C19H23N3O2/c23-17(11-10-14-6-4-5-7-14)22-12-16(13-22)19-20-18(21-24-19)15-8-2-1-3-9-15/h1-3,8-9,14,16H,4-7,10-13H2. The molecule has 5 nitrogen and oxygen atoms in total. The van der Waals surface area contributed by atoms with Gasteiger partial charge in [-0.2, -0.15) is 4.98 Å². The Hall–Kier alpha value is -2.17. The minimum Gasteiger partial charge on any atom is -0.341 e. The van der Waals surface area contributed by atoms with Gasteiger partial charge >= 0.3 is 0 Å². The number of carbonyl (C=O) groups excluding carboxylic acids is 1. The summed E-state index contributed by atoms with van der Waals surface area (Å²) in [7, 11) is 0. The van der Waals surface area contributed by atoms with Crippen molar-refractivity contribution in [3.63, 3.8) is 0 Å². The average molecular weight is 325 g/mol. The average Bonchev–Trinajstić information content (AvgIpc) is 3.24. The summed E-state index contributed by atoms with van der Waals surface area (Å²) in [5.74, 6) is 2.51. The maximum atomic E-state index is 12.2. The molecule has 0 N–H and O–H groups in total. The first-order chi connectivity index (χ1) is 11.8. The van der Waals surface area contributed by atoms with Gasteiger partial charge in [0.05, 0.1) is 5.92 Å². The lowest BCUT2D eigenvalue weighted by Gasteiger charge is -2.37. The van der Waals surface area contributed by atoms with Crippen molar-refractivity contribution in [2.75, 3.05) is 13.1 Å². The normalized spacial score (nSPS) is 18.8. The molecular formula is C19H23N3O2. The fourth-order valence-electron chi connectivity index (χ4n) is 3.73. The van der Waals surface area contributed by atoms with Crippen molar-refractivity contribution in [3.05, 3.63) is 36.2 Å². The Labute approximate surface area is 142 Å². The van der Waals surface area contributed by atoms with Gasteiger partial charge in [-0.25, -0.2) is 0 Å². The lowest BCUT2D eigenvalue weighted by molar-refractivity contribution is -0.136. The number of carbonyl (C=O) groups is 1. The molecule has 1 saturated carbocycles. The molecule has 2 fully saturated rings. The van der Waals surface area contributed by atoms with Crippen molar-refractivity contribution in [1.82, 2.24) is 15.0 Å². The van der Waals surface area contributed by atoms with Gasteiger partial charge in [0.25, 0.3) is 0 Å². The maximum Gasteiger partial charge on any atom is 0.233 e. The third-order valence-electron chi connectivity index (χ3n) is 5.30. The van der Waals surface area contributed by atoms with E-state index in [1.54, 1.807) is 0 Å². The minimum absolute atomic E-state index is 0.186. The zero-order valence-electron chi connectivity index (χ0n) is 13.9. The van der Waals surface area contributed by atoms with Crippen LogP contribution >= 0.6 is 0 Å². The highest BCUT2D eigenvalue weighted by Crippen LogP contribution is 2.31. The van der Waals surface area contributed by atoms with E-state index >= 15 is 0 Å². The monoisotopic (exact) mass is 325 g/mol. The molecule has 0 bridgehead atoms. The Bertz CT molecular complexity index is 686. The topological polar surface area (TPSA) is 59.2 Å². The van der Waals surface area contributed by atoms with Gasteiger partial charge in [0.2, 0.25) is 17.6 Å². The van der Waals surface area contributed by atoms with Crippen molar-refractivity contribution in [2.45, 2.75) is 44.4 Å². The molecule has 2 heterocycles. The van der Waals surface area contributed by atoms with Crippen LogP contribution in [0.5, 0.6) is 0 Å². The maximum absolute atomic E-state index is 12.2. The van der Waals surface area contributed by atoms with Crippen LogP contribution in [-0.2, 0) is 4.79 Å². The number of aromatic nitrogens is 2. The second-order valence-electron chi connectivity index (χ2n) is 7.01. The van der Waals surface area contributed by atoms with Crippen molar-refractivity contribution in [3.8, 4) is 11.4 Å². The van der Waals surface area contributed by atoms with Crippen LogP contribution in [0, 0.1) is 5.92 Å². The van der Waals surface area contributed by atoms with Crippen molar-refractivity contribution in [1.29, 1.82) is 0 Å². The van der Waals surface area contributed by atoms with Gasteiger partial charge < -0.3 is 9.42 Å². The molecular weight excluding hydrogens is 302 g/mol. The van der Waals surface area contributed by atoms with Crippen LogP contribution in [0.2, 0.25) is 0 Å². The Morgan fingerprint density at radius 3 is 2.67 bits per heavy atom. The molecule has 1 amide bonds. The zero-order chi connectivity index (χ0) is 16.4. The van der Waals surface area contributed by atoms with E-state index in [4.69, 9.17) is 4.52 Å². The summed E-state index contributed by atoms with van der Waals surface area (Å²) in [5, 5.41) is 4.06. The first-order valence-corrected chi connectivity index (χ1v) is 8.96. The van der Waals surface area contributed by atoms with E-state index in [2.05, 4.69) is 10.1 Å². The number of amides is 1. The van der Waals surface area contributed by atoms with Crippen molar-refractivity contribution < 1.29 is 9.32 Å². The summed E-state index contributed by atoms with van der Waals surface area (Å²) in [5.41, 5.74) is 0.955. The van der Waals surface area contributed by atoms with Gasteiger partial charge in [0.15, 0.2) is 0 Å². The number of hydrogen-bond acceptors (Lipinski definition) is 4. The van der Waals surface area contributed by atoms with Gasteiger partial charge in [-0.15, -0.1) is 0 Å². The molecule has 4 rings (SSSR count).